The van der Waals surface area contributed by atoms with Crippen molar-refractivity contribution in [3.63, 3.8) is 0 Å². The van der Waals surface area contributed by atoms with Gasteiger partial charge in [-0.1, -0.05) is 0 Å². The van der Waals surface area contributed by atoms with Gasteiger partial charge in [-0.05, 0) is 24.7 Å². The summed E-state index contributed by atoms with van der Waals surface area (Å²) >= 11 is 0. The molecule has 1 saturated carbocycles. The lowest BCUT2D eigenvalue weighted by molar-refractivity contribution is -0.173. The molecule has 3 fully saturated rings. The zero-order valence-corrected chi connectivity index (χ0v) is 6.98. The van der Waals surface area contributed by atoms with Gasteiger partial charge in [0.2, 0.25) is 0 Å². The van der Waals surface area contributed by atoms with Gasteiger partial charge in [0.25, 0.3) is 0 Å². The first kappa shape index (κ1) is 7.30. The molecular formula is C9H14O3. The van der Waals surface area contributed by atoms with E-state index in [4.69, 9.17) is 9.47 Å². The molecule has 2 saturated heterocycles. The molecule has 68 valence electrons. The van der Waals surface area contributed by atoms with Crippen LogP contribution in [0, 0.1) is 17.8 Å². The van der Waals surface area contributed by atoms with Crippen LogP contribution in [0.15, 0.2) is 0 Å². The maximum Gasteiger partial charge on any atom is 0.161 e. The molecule has 0 aromatic heterocycles. The summed E-state index contributed by atoms with van der Waals surface area (Å²) in [6, 6.07) is 0. The summed E-state index contributed by atoms with van der Waals surface area (Å²) in [6.45, 7) is 1.55. The van der Waals surface area contributed by atoms with Crippen LogP contribution >= 0.6 is 0 Å². The minimum atomic E-state index is -0.0877. The Bertz CT molecular complexity index is 190. The zero-order valence-electron chi connectivity index (χ0n) is 6.98. The maximum atomic E-state index is 9.74. The minimum Gasteiger partial charge on any atom is -0.393 e. The van der Waals surface area contributed by atoms with Crippen molar-refractivity contribution in [1.82, 2.24) is 0 Å². The smallest absolute Gasteiger partial charge is 0.161 e. The molecule has 2 unspecified atom stereocenters. The molecule has 3 heteroatoms. The summed E-state index contributed by atoms with van der Waals surface area (Å²) in [7, 11) is 0. The first-order chi connectivity index (χ1) is 5.86. The Morgan fingerprint density at radius 3 is 3.08 bits per heavy atom. The molecule has 2 aliphatic heterocycles. The molecule has 0 aromatic rings. The maximum absolute atomic E-state index is 9.74. The van der Waals surface area contributed by atoms with E-state index >= 15 is 0 Å². The van der Waals surface area contributed by atoms with E-state index in [1.807, 2.05) is 0 Å². The van der Waals surface area contributed by atoms with Crippen LogP contribution in [0.1, 0.15) is 12.8 Å². The Kier molecular flexibility index (Phi) is 1.48. The molecule has 3 aliphatic rings. The Balaban J connectivity index is 1.89. The predicted molar refractivity (Wildman–Crippen MR) is 41.4 cm³/mol. The topological polar surface area (TPSA) is 38.7 Å². The van der Waals surface area contributed by atoms with Crippen LogP contribution in [0.3, 0.4) is 0 Å². The fourth-order valence-electron chi connectivity index (χ4n) is 3.05. The Hall–Kier alpha value is -0.120. The van der Waals surface area contributed by atoms with Crippen molar-refractivity contribution >= 4 is 0 Å². The highest BCUT2D eigenvalue weighted by Gasteiger charge is 2.52. The highest BCUT2D eigenvalue weighted by molar-refractivity contribution is 4.97. The van der Waals surface area contributed by atoms with Gasteiger partial charge in [-0.2, -0.15) is 0 Å². The lowest BCUT2D eigenvalue weighted by Crippen LogP contribution is -2.35. The number of hydrogen-bond acceptors (Lipinski definition) is 3. The van der Waals surface area contributed by atoms with Gasteiger partial charge in [-0.3, -0.25) is 0 Å². The molecule has 2 heterocycles. The van der Waals surface area contributed by atoms with Crippen molar-refractivity contribution < 1.29 is 14.6 Å². The summed E-state index contributed by atoms with van der Waals surface area (Å²) in [5, 5.41) is 9.74. The second kappa shape index (κ2) is 2.44. The number of rotatable bonds is 0. The molecule has 0 radical (unpaired) electrons. The number of aliphatic hydroxyl groups excluding tert-OH is 1. The first-order valence-electron chi connectivity index (χ1n) is 4.77. The largest absolute Gasteiger partial charge is 0.393 e. The van der Waals surface area contributed by atoms with Gasteiger partial charge < -0.3 is 14.6 Å². The van der Waals surface area contributed by atoms with Crippen LogP contribution in [-0.4, -0.2) is 30.7 Å². The average molecular weight is 170 g/mol. The van der Waals surface area contributed by atoms with Crippen molar-refractivity contribution in [3.05, 3.63) is 0 Å². The zero-order chi connectivity index (χ0) is 8.13. The SMILES string of the molecule is O[C@H]1CC2CO[C@H]3OCCC1[C@@H]23. The molecule has 1 aliphatic carbocycles. The van der Waals surface area contributed by atoms with E-state index < -0.39 is 0 Å². The second-order valence-corrected chi connectivity index (χ2v) is 4.17. The molecule has 0 amide bonds. The molecule has 0 aromatic carbocycles. The predicted octanol–water partition coefficient (Wildman–Crippen LogP) is 0.376. The molecule has 3 rings (SSSR count). The molecule has 3 nitrogen and oxygen atoms in total. The molecule has 5 atom stereocenters. The van der Waals surface area contributed by atoms with Crippen LogP contribution < -0.4 is 0 Å². The summed E-state index contributed by atoms with van der Waals surface area (Å²) in [6.07, 6.45) is 1.86. The molecule has 12 heavy (non-hydrogen) atoms. The number of hydrogen-bond donors (Lipinski definition) is 1. The van der Waals surface area contributed by atoms with Crippen molar-refractivity contribution in [1.29, 1.82) is 0 Å². The van der Waals surface area contributed by atoms with Crippen molar-refractivity contribution in [2.24, 2.45) is 17.8 Å². The third kappa shape index (κ3) is 0.817. The summed E-state index contributed by atoms with van der Waals surface area (Å²) in [5.41, 5.74) is 0. The van der Waals surface area contributed by atoms with Crippen LogP contribution in [-0.2, 0) is 9.47 Å². The Morgan fingerprint density at radius 2 is 2.17 bits per heavy atom. The third-order valence-electron chi connectivity index (χ3n) is 3.60. The Morgan fingerprint density at radius 1 is 1.25 bits per heavy atom. The van der Waals surface area contributed by atoms with Crippen molar-refractivity contribution in [3.8, 4) is 0 Å². The molecule has 0 spiro atoms. The van der Waals surface area contributed by atoms with Gasteiger partial charge in [-0.25, -0.2) is 0 Å². The van der Waals surface area contributed by atoms with E-state index in [2.05, 4.69) is 0 Å². The number of aliphatic hydroxyl groups is 1. The second-order valence-electron chi connectivity index (χ2n) is 4.17. The van der Waals surface area contributed by atoms with Crippen molar-refractivity contribution in [2.45, 2.75) is 25.2 Å². The van der Waals surface area contributed by atoms with Crippen LogP contribution in [0.5, 0.6) is 0 Å². The van der Waals surface area contributed by atoms with E-state index in [9.17, 15) is 5.11 Å². The Labute approximate surface area is 71.7 Å². The van der Waals surface area contributed by atoms with Crippen LogP contribution in [0.25, 0.3) is 0 Å². The van der Waals surface area contributed by atoms with Crippen LogP contribution in [0.2, 0.25) is 0 Å². The van der Waals surface area contributed by atoms with E-state index in [-0.39, 0.29) is 12.4 Å². The van der Waals surface area contributed by atoms with Gasteiger partial charge >= 0.3 is 0 Å². The summed E-state index contributed by atoms with van der Waals surface area (Å²) in [5.74, 6) is 1.51. The standard InChI is InChI=1S/C9H14O3/c10-7-3-5-4-12-9-8(5)6(7)1-2-11-9/h5-10H,1-4H2/t5?,6?,7-,8+,9+/m0/s1. The minimum absolute atomic E-state index is 0.00546. The fraction of sp³-hybridized carbons (Fsp3) is 1.00. The van der Waals surface area contributed by atoms with Crippen LogP contribution in [0.4, 0.5) is 0 Å². The summed E-state index contributed by atoms with van der Waals surface area (Å²) in [4.78, 5) is 0. The van der Waals surface area contributed by atoms with E-state index in [1.54, 1.807) is 0 Å². The van der Waals surface area contributed by atoms with Gasteiger partial charge in [0.15, 0.2) is 6.29 Å². The van der Waals surface area contributed by atoms with E-state index in [0.717, 1.165) is 26.1 Å². The lowest BCUT2D eigenvalue weighted by atomic mass is 9.87. The van der Waals surface area contributed by atoms with Gasteiger partial charge in [0.1, 0.15) is 0 Å². The summed E-state index contributed by atoms with van der Waals surface area (Å²) < 4.78 is 11.0. The van der Waals surface area contributed by atoms with Crippen molar-refractivity contribution in [2.75, 3.05) is 13.2 Å². The normalized spacial score (nSPS) is 57.2. The van der Waals surface area contributed by atoms with E-state index in [0.29, 0.717) is 17.8 Å². The highest BCUT2D eigenvalue weighted by Crippen LogP contribution is 2.48. The fourth-order valence-corrected chi connectivity index (χ4v) is 3.05. The molecule has 0 bridgehead atoms. The monoisotopic (exact) mass is 170 g/mol. The highest BCUT2D eigenvalue weighted by atomic mass is 16.7. The third-order valence-corrected chi connectivity index (χ3v) is 3.60. The lowest BCUT2D eigenvalue weighted by Gasteiger charge is -2.31. The number of ether oxygens (including phenoxy) is 2. The van der Waals surface area contributed by atoms with Gasteiger partial charge in [0, 0.05) is 5.92 Å². The molecule has 1 N–H and O–H groups in total. The first-order valence-corrected chi connectivity index (χ1v) is 4.77. The van der Waals surface area contributed by atoms with Gasteiger partial charge in [-0.15, -0.1) is 0 Å². The average Bonchev–Trinajstić information content (AvgIpc) is 2.61. The molecular weight excluding hydrogens is 156 g/mol. The van der Waals surface area contributed by atoms with E-state index in [1.165, 1.54) is 0 Å². The quantitative estimate of drug-likeness (QED) is 0.571. The van der Waals surface area contributed by atoms with Gasteiger partial charge in [0.05, 0.1) is 19.3 Å².